The van der Waals surface area contributed by atoms with Gasteiger partial charge in [0, 0.05) is 7.74 Å². The molecule has 0 aliphatic carbocycles. The van der Waals surface area contributed by atoms with Crippen molar-refractivity contribution < 1.29 is 0 Å². The van der Waals surface area contributed by atoms with E-state index in [4.69, 9.17) is 15.6 Å². The molecule has 0 aromatic heterocycles. The highest BCUT2D eigenvalue weighted by molar-refractivity contribution is 6.98. The number of benzene rings is 1. The van der Waals surface area contributed by atoms with Gasteiger partial charge in [-0.15, -0.1) is 0 Å². The zero-order chi connectivity index (χ0) is 10.1. The molecule has 0 bridgehead atoms. The second-order valence-corrected chi connectivity index (χ2v) is 2.22. The first kappa shape index (κ1) is 12.2. The predicted molar refractivity (Wildman–Crippen MR) is 63.0 cm³/mol. The van der Waals surface area contributed by atoms with Gasteiger partial charge in [0.15, 0.2) is 0 Å². The highest BCUT2D eigenvalue weighted by Gasteiger charge is 1.85. The molecule has 1 aromatic rings. The monoisotopic (exact) mass is 165 g/mol. The van der Waals surface area contributed by atoms with Crippen LogP contribution in [-0.2, 0) is 0 Å². The molecule has 0 nitrogen and oxygen atoms in total. The van der Waals surface area contributed by atoms with E-state index >= 15 is 0 Å². The van der Waals surface area contributed by atoms with Gasteiger partial charge in [-0.1, -0.05) is 50.3 Å². The summed E-state index contributed by atoms with van der Waals surface area (Å²) in [6.07, 6.45) is 1.82. The van der Waals surface area contributed by atoms with Crippen molar-refractivity contribution in [1.29, 1.82) is 0 Å². The quantitative estimate of drug-likeness (QED) is 0.587. The van der Waals surface area contributed by atoms with Gasteiger partial charge in [0.25, 0.3) is 0 Å². The molecule has 5 radical (unpaired) electrons. The Morgan fingerprint density at radius 1 is 1.23 bits per heavy atom. The molecule has 0 unspecified atom stereocenters. The zero-order valence-electron chi connectivity index (χ0n) is 8.20. The van der Waals surface area contributed by atoms with Crippen molar-refractivity contribution in [3.05, 3.63) is 41.3 Å². The fourth-order valence-electron chi connectivity index (χ4n) is 0.790. The molecule has 0 atom stereocenters. The van der Waals surface area contributed by atoms with Gasteiger partial charge in [-0.2, -0.15) is 5.37 Å². The molecule has 0 saturated heterocycles. The maximum Gasteiger partial charge on any atom is 0.0922 e. The summed E-state index contributed by atoms with van der Waals surface area (Å²) in [4.78, 5) is 0. The zero-order valence-corrected chi connectivity index (χ0v) is 8.20. The molecule has 0 heterocycles. The summed E-state index contributed by atoms with van der Waals surface area (Å²) in [7, 11) is 12.1. The third kappa shape index (κ3) is 5.40. The number of rotatable bonds is 2. The second-order valence-electron chi connectivity index (χ2n) is 2.22. The molecule has 0 aliphatic rings. The maximum atomic E-state index is 5.49. The predicted octanol–water partition coefficient (Wildman–Crippen LogP) is 1.97. The van der Waals surface area contributed by atoms with Crippen molar-refractivity contribution in [2.24, 2.45) is 0 Å². The van der Waals surface area contributed by atoms with Gasteiger partial charge >= 0.3 is 0 Å². The summed E-state index contributed by atoms with van der Waals surface area (Å²) < 4.78 is 0. The average Bonchev–Trinajstić information content (AvgIpc) is 2.22. The van der Waals surface area contributed by atoms with E-state index in [0.717, 1.165) is 5.56 Å². The molecule has 0 N–H and O–H groups in total. The van der Waals surface area contributed by atoms with Crippen molar-refractivity contribution in [2.75, 3.05) is 0 Å². The lowest BCUT2D eigenvalue weighted by molar-refractivity contribution is 1.50. The Balaban J connectivity index is 0.000000671. The molecule has 13 heavy (non-hydrogen) atoms. The minimum Gasteiger partial charge on any atom is -0.161 e. The van der Waals surface area contributed by atoms with Crippen molar-refractivity contribution in [3.8, 4) is 0 Å². The molecule has 0 spiro atoms. The van der Waals surface area contributed by atoms with Crippen LogP contribution in [0.4, 0.5) is 0 Å². The van der Waals surface area contributed by atoms with Crippen molar-refractivity contribution in [3.63, 3.8) is 0 Å². The van der Waals surface area contributed by atoms with E-state index in [1.54, 1.807) is 0 Å². The molecule has 0 amide bonds. The van der Waals surface area contributed by atoms with Crippen molar-refractivity contribution in [1.82, 2.24) is 0 Å². The summed E-state index contributed by atoms with van der Waals surface area (Å²) in [6.45, 7) is 4.00. The Morgan fingerprint density at radius 3 is 2.23 bits per heavy atom. The highest BCUT2D eigenvalue weighted by Crippen LogP contribution is 2.02. The van der Waals surface area contributed by atoms with E-state index in [-0.39, 0.29) is 0 Å². The Bertz CT molecular complexity index is 242. The van der Waals surface area contributed by atoms with Crippen LogP contribution in [0.1, 0.15) is 19.4 Å². The standard InChI is InChI=1S/C8H6B3.C2H6/c9-8(11-10)6-7-4-2-1-3-5-7;1-2/h1-6H;1-2H3. The van der Waals surface area contributed by atoms with E-state index in [1.165, 1.54) is 7.17 Å². The minimum atomic E-state index is 0.580. The largest absolute Gasteiger partial charge is 0.161 e. The molecule has 3 heteroatoms. The summed E-state index contributed by atoms with van der Waals surface area (Å²) in [5.74, 6) is 0. The Hall–Kier alpha value is -0.845. The van der Waals surface area contributed by atoms with Crippen LogP contribution in [0, 0.1) is 0 Å². The highest BCUT2D eigenvalue weighted by atomic mass is 13.8. The van der Waals surface area contributed by atoms with Crippen LogP contribution < -0.4 is 0 Å². The van der Waals surface area contributed by atoms with E-state index in [0.29, 0.717) is 5.37 Å². The van der Waals surface area contributed by atoms with Crippen LogP contribution >= 0.6 is 0 Å². The lowest BCUT2D eigenvalue weighted by Gasteiger charge is -1.95. The molecular formula is C10H12B3. The second kappa shape index (κ2) is 7.79. The number of hydrogen-bond acceptors (Lipinski definition) is 0. The molecular weight excluding hydrogens is 153 g/mol. The normalized spacial score (nSPS) is 9.85. The molecule has 1 aromatic carbocycles. The van der Waals surface area contributed by atoms with E-state index in [9.17, 15) is 0 Å². The Labute approximate surface area is 84.5 Å². The van der Waals surface area contributed by atoms with Gasteiger partial charge in [-0.05, 0) is 5.56 Å². The first-order valence-corrected chi connectivity index (χ1v) is 4.40. The lowest BCUT2D eigenvalue weighted by Crippen LogP contribution is -1.94. The van der Waals surface area contributed by atoms with Crippen LogP contribution in [0.25, 0.3) is 6.08 Å². The van der Waals surface area contributed by atoms with E-state index in [1.807, 2.05) is 50.3 Å². The van der Waals surface area contributed by atoms with E-state index < -0.39 is 0 Å². The van der Waals surface area contributed by atoms with Crippen LogP contribution in [0.15, 0.2) is 35.7 Å². The summed E-state index contributed by atoms with van der Waals surface area (Å²) in [5.41, 5.74) is 1.06. The van der Waals surface area contributed by atoms with Gasteiger partial charge in [-0.25, -0.2) is 0 Å². The van der Waals surface area contributed by atoms with Gasteiger partial charge in [0.2, 0.25) is 0 Å². The maximum absolute atomic E-state index is 5.49. The molecule has 1 rings (SSSR count). The smallest absolute Gasteiger partial charge is 0.0922 e. The van der Waals surface area contributed by atoms with Crippen LogP contribution in [-0.4, -0.2) is 22.8 Å². The van der Waals surface area contributed by atoms with Crippen LogP contribution in [0.2, 0.25) is 0 Å². The minimum absolute atomic E-state index is 0.580. The fourth-order valence-corrected chi connectivity index (χ4v) is 0.790. The van der Waals surface area contributed by atoms with Crippen LogP contribution in [0.5, 0.6) is 0 Å². The Morgan fingerprint density at radius 2 is 1.77 bits per heavy atom. The SMILES string of the molecule is CC.[B][B]C([B])=Cc1ccccc1. The van der Waals surface area contributed by atoms with Crippen molar-refractivity contribution in [2.45, 2.75) is 13.8 Å². The first-order valence-electron chi connectivity index (χ1n) is 4.40. The molecule has 0 fully saturated rings. The Kier molecular flexibility index (Phi) is 7.28. The summed E-state index contributed by atoms with van der Waals surface area (Å²) >= 11 is 0. The third-order valence-electron chi connectivity index (χ3n) is 1.33. The molecule has 0 saturated carbocycles. The summed E-state index contributed by atoms with van der Waals surface area (Å²) in [6, 6.07) is 9.80. The topological polar surface area (TPSA) is 0 Å². The van der Waals surface area contributed by atoms with Gasteiger partial charge in [0.1, 0.15) is 0 Å². The van der Waals surface area contributed by atoms with Crippen molar-refractivity contribution >= 4 is 28.8 Å². The fraction of sp³-hybridized carbons (Fsp3) is 0.200. The van der Waals surface area contributed by atoms with Gasteiger partial charge in [-0.3, -0.25) is 0 Å². The molecule has 61 valence electrons. The van der Waals surface area contributed by atoms with Gasteiger partial charge in [0.05, 0.1) is 15.0 Å². The van der Waals surface area contributed by atoms with Gasteiger partial charge < -0.3 is 0 Å². The average molecular weight is 165 g/mol. The molecule has 0 aliphatic heterocycles. The van der Waals surface area contributed by atoms with E-state index in [2.05, 4.69) is 0 Å². The first-order chi connectivity index (χ1) is 6.33. The lowest BCUT2D eigenvalue weighted by atomic mass is 9.45. The third-order valence-corrected chi connectivity index (χ3v) is 1.33. The van der Waals surface area contributed by atoms with Crippen LogP contribution in [0.3, 0.4) is 0 Å². The summed E-state index contributed by atoms with van der Waals surface area (Å²) in [5, 5.41) is 0.580. The number of hydrogen-bond donors (Lipinski definition) is 0.